The summed E-state index contributed by atoms with van der Waals surface area (Å²) in [5.74, 6) is 1.27. The molecule has 0 aliphatic heterocycles. The molecule has 1 saturated carbocycles. The number of rotatable bonds is 2. The molecular formula is C16H20ClN3O. The van der Waals surface area contributed by atoms with Gasteiger partial charge in [-0.2, -0.15) is 4.98 Å². The molecule has 1 heterocycles. The largest absolute Gasteiger partial charge is 0.334 e. The van der Waals surface area contributed by atoms with E-state index in [2.05, 4.69) is 28.3 Å². The highest BCUT2D eigenvalue weighted by Crippen LogP contribution is 2.35. The number of aromatic nitrogens is 2. The molecule has 0 amide bonds. The summed E-state index contributed by atoms with van der Waals surface area (Å²) in [5.41, 5.74) is 9.90. The van der Waals surface area contributed by atoms with Gasteiger partial charge in [0.2, 0.25) is 0 Å². The van der Waals surface area contributed by atoms with E-state index in [-0.39, 0.29) is 17.9 Å². The Labute approximate surface area is 130 Å². The number of benzene rings is 1. The lowest BCUT2D eigenvalue weighted by Gasteiger charge is -2.17. The predicted molar refractivity (Wildman–Crippen MR) is 83.3 cm³/mol. The maximum Gasteiger partial charge on any atom is 0.258 e. The number of nitrogens with zero attached hydrogens (tertiary/aromatic N) is 2. The lowest BCUT2D eigenvalue weighted by molar-refractivity contribution is 0.372. The normalized spacial score (nSPS) is 19.3. The number of hydrogen-bond acceptors (Lipinski definition) is 4. The molecule has 2 aromatic rings. The van der Waals surface area contributed by atoms with E-state index in [0.717, 1.165) is 37.7 Å². The number of aryl methyl sites for hydroxylation is 2. The van der Waals surface area contributed by atoms with Crippen molar-refractivity contribution < 1.29 is 4.52 Å². The number of fused-ring (bicyclic) bond motifs is 1. The Morgan fingerprint density at radius 1 is 1.05 bits per heavy atom. The van der Waals surface area contributed by atoms with Gasteiger partial charge in [0.15, 0.2) is 5.82 Å². The molecule has 0 atom stereocenters. The van der Waals surface area contributed by atoms with Crippen LogP contribution in [0.4, 0.5) is 0 Å². The summed E-state index contributed by atoms with van der Waals surface area (Å²) < 4.78 is 5.45. The first kappa shape index (κ1) is 14.5. The molecule has 0 radical (unpaired) electrons. The van der Waals surface area contributed by atoms with Crippen LogP contribution in [0.15, 0.2) is 22.7 Å². The number of halogens is 1. The van der Waals surface area contributed by atoms with Gasteiger partial charge in [0.05, 0.1) is 5.54 Å². The van der Waals surface area contributed by atoms with Crippen LogP contribution >= 0.6 is 12.4 Å². The Morgan fingerprint density at radius 3 is 2.62 bits per heavy atom. The van der Waals surface area contributed by atoms with Crippen LogP contribution in [-0.4, -0.2) is 10.1 Å². The van der Waals surface area contributed by atoms with Crippen molar-refractivity contribution in [1.29, 1.82) is 0 Å². The van der Waals surface area contributed by atoms with Crippen molar-refractivity contribution in [1.82, 2.24) is 10.1 Å². The second kappa shape index (κ2) is 5.43. The predicted octanol–water partition coefficient (Wildman–Crippen LogP) is 3.38. The Balaban J connectivity index is 0.00000132. The molecule has 4 rings (SSSR count). The van der Waals surface area contributed by atoms with E-state index >= 15 is 0 Å². The van der Waals surface area contributed by atoms with E-state index in [9.17, 15) is 0 Å². The summed E-state index contributed by atoms with van der Waals surface area (Å²) in [4.78, 5) is 4.56. The van der Waals surface area contributed by atoms with E-state index in [4.69, 9.17) is 10.3 Å². The minimum Gasteiger partial charge on any atom is -0.334 e. The third kappa shape index (κ3) is 2.47. The molecule has 1 aromatic carbocycles. The molecule has 112 valence electrons. The number of hydrogen-bond donors (Lipinski definition) is 1. The highest BCUT2D eigenvalue weighted by atomic mass is 35.5. The number of nitrogens with two attached hydrogens (primary N) is 1. The second-order valence-corrected chi connectivity index (χ2v) is 6.12. The zero-order chi connectivity index (χ0) is 13.6. The summed E-state index contributed by atoms with van der Waals surface area (Å²) in [5, 5.41) is 4.13. The first-order valence-electron chi connectivity index (χ1n) is 7.50. The maximum atomic E-state index is 6.38. The van der Waals surface area contributed by atoms with Crippen molar-refractivity contribution in [2.24, 2.45) is 5.73 Å². The summed E-state index contributed by atoms with van der Waals surface area (Å²) >= 11 is 0. The molecule has 0 spiro atoms. The van der Waals surface area contributed by atoms with Gasteiger partial charge >= 0.3 is 0 Å². The van der Waals surface area contributed by atoms with Gasteiger partial charge in [-0.15, -0.1) is 12.4 Å². The van der Waals surface area contributed by atoms with Crippen LogP contribution in [0.25, 0.3) is 11.5 Å². The van der Waals surface area contributed by atoms with Gasteiger partial charge < -0.3 is 10.3 Å². The zero-order valence-electron chi connectivity index (χ0n) is 12.0. The summed E-state index contributed by atoms with van der Waals surface area (Å²) in [6.45, 7) is 0. The van der Waals surface area contributed by atoms with Gasteiger partial charge in [-0.05, 0) is 55.4 Å². The van der Waals surface area contributed by atoms with Crippen molar-refractivity contribution >= 4 is 12.4 Å². The van der Waals surface area contributed by atoms with Crippen LogP contribution in [0.1, 0.15) is 49.1 Å². The van der Waals surface area contributed by atoms with E-state index in [0.29, 0.717) is 11.7 Å². The Hall–Kier alpha value is -1.39. The van der Waals surface area contributed by atoms with Crippen LogP contribution in [0.2, 0.25) is 0 Å². The topological polar surface area (TPSA) is 64.9 Å². The van der Waals surface area contributed by atoms with Gasteiger partial charge in [-0.1, -0.05) is 24.1 Å². The van der Waals surface area contributed by atoms with Crippen LogP contribution in [0, 0.1) is 0 Å². The maximum absolute atomic E-state index is 6.38. The molecule has 2 aliphatic rings. The van der Waals surface area contributed by atoms with Crippen molar-refractivity contribution in [2.45, 2.75) is 50.5 Å². The summed E-state index contributed by atoms with van der Waals surface area (Å²) in [6.07, 6.45) is 7.81. The van der Waals surface area contributed by atoms with Gasteiger partial charge in [0, 0.05) is 5.56 Å². The lowest BCUT2D eigenvalue weighted by atomic mass is 9.98. The molecule has 4 nitrogen and oxygen atoms in total. The molecule has 0 bridgehead atoms. The molecular weight excluding hydrogens is 286 g/mol. The highest BCUT2D eigenvalue weighted by Gasteiger charge is 2.36. The monoisotopic (exact) mass is 305 g/mol. The van der Waals surface area contributed by atoms with E-state index in [1.54, 1.807) is 0 Å². The Kier molecular flexibility index (Phi) is 3.76. The molecule has 2 aliphatic carbocycles. The zero-order valence-corrected chi connectivity index (χ0v) is 12.8. The molecule has 1 fully saturated rings. The van der Waals surface area contributed by atoms with Crippen LogP contribution in [0.5, 0.6) is 0 Å². The van der Waals surface area contributed by atoms with Crippen LogP contribution in [-0.2, 0) is 18.4 Å². The Bertz CT molecular complexity index is 647. The molecule has 0 unspecified atom stereocenters. The Morgan fingerprint density at radius 2 is 1.81 bits per heavy atom. The third-order valence-corrected chi connectivity index (χ3v) is 4.71. The van der Waals surface area contributed by atoms with Crippen molar-refractivity contribution in [2.75, 3.05) is 0 Å². The molecule has 5 heteroatoms. The third-order valence-electron chi connectivity index (χ3n) is 4.71. The first-order chi connectivity index (χ1) is 9.74. The van der Waals surface area contributed by atoms with Gasteiger partial charge in [-0.25, -0.2) is 0 Å². The van der Waals surface area contributed by atoms with Gasteiger partial charge in [-0.3, -0.25) is 0 Å². The van der Waals surface area contributed by atoms with E-state index in [1.165, 1.54) is 24.0 Å². The SMILES string of the molecule is Cl.NC1(c2noc(-c3ccc4c(c3)CCC4)n2)CCCC1. The molecule has 21 heavy (non-hydrogen) atoms. The minimum atomic E-state index is -0.377. The summed E-state index contributed by atoms with van der Waals surface area (Å²) in [7, 11) is 0. The molecule has 2 N–H and O–H groups in total. The fraction of sp³-hybridized carbons (Fsp3) is 0.500. The summed E-state index contributed by atoms with van der Waals surface area (Å²) in [6, 6.07) is 6.46. The second-order valence-electron chi connectivity index (χ2n) is 6.12. The molecule has 1 aromatic heterocycles. The van der Waals surface area contributed by atoms with E-state index < -0.39 is 0 Å². The average Bonchev–Trinajstić information content (AvgIpc) is 3.18. The standard InChI is InChI=1S/C16H19N3O.ClH/c17-16(8-1-2-9-16)15-18-14(20-19-15)13-7-6-11-4-3-5-12(11)10-13;/h6-7,10H,1-5,8-9,17H2;1H. The van der Waals surface area contributed by atoms with Crippen molar-refractivity contribution in [3.05, 3.63) is 35.2 Å². The van der Waals surface area contributed by atoms with Crippen molar-refractivity contribution in [3.8, 4) is 11.5 Å². The minimum absolute atomic E-state index is 0. The lowest BCUT2D eigenvalue weighted by Crippen LogP contribution is -2.34. The highest BCUT2D eigenvalue weighted by molar-refractivity contribution is 5.85. The fourth-order valence-corrected chi connectivity index (χ4v) is 3.48. The first-order valence-corrected chi connectivity index (χ1v) is 7.50. The smallest absolute Gasteiger partial charge is 0.258 e. The van der Waals surface area contributed by atoms with Gasteiger partial charge in [0.1, 0.15) is 0 Å². The van der Waals surface area contributed by atoms with Gasteiger partial charge in [0.25, 0.3) is 5.89 Å². The average molecular weight is 306 g/mol. The van der Waals surface area contributed by atoms with Crippen LogP contribution < -0.4 is 5.73 Å². The van der Waals surface area contributed by atoms with Crippen molar-refractivity contribution in [3.63, 3.8) is 0 Å². The fourth-order valence-electron chi connectivity index (χ4n) is 3.48. The van der Waals surface area contributed by atoms with Crippen LogP contribution in [0.3, 0.4) is 0 Å². The quantitative estimate of drug-likeness (QED) is 0.924. The molecule has 0 saturated heterocycles. The van der Waals surface area contributed by atoms with E-state index in [1.807, 2.05) is 0 Å².